The third-order valence-corrected chi connectivity index (χ3v) is 4.78. The number of hydrogen-bond acceptors (Lipinski definition) is 1. The van der Waals surface area contributed by atoms with Crippen molar-refractivity contribution in [2.75, 3.05) is 0 Å². The Morgan fingerprint density at radius 3 is 2.18 bits per heavy atom. The fraction of sp³-hybridized carbons (Fsp3) is 0.600. The maximum atomic E-state index is 13.0. The van der Waals surface area contributed by atoms with E-state index in [9.17, 15) is 9.50 Å². The Balaban J connectivity index is 2.34. The summed E-state index contributed by atoms with van der Waals surface area (Å²) >= 11 is 0. The lowest BCUT2D eigenvalue weighted by atomic mass is 9.48. The van der Waals surface area contributed by atoms with Crippen molar-refractivity contribution in [1.29, 1.82) is 0 Å². The van der Waals surface area contributed by atoms with Crippen LogP contribution in [0.4, 0.5) is 4.39 Å². The van der Waals surface area contributed by atoms with Gasteiger partial charge in [0.2, 0.25) is 0 Å². The number of rotatable bonds is 3. The van der Waals surface area contributed by atoms with Crippen molar-refractivity contribution in [3.05, 3.63) is 35.6 Å². The molecule has 1 aliphatic carbocycles. The van der Waals surface area contributed by atoms with E-state index in [1.165, 1.54) is 12.1 Å². The van der Waals surface area contributed by atoms with Crippen molar-refractivity contribution in [3.8, 4) is 0 Å². The molecule has 3 unspecified atom stereocenters. The van der Waals surface area contributed by atoms with E-state index in [0.29, 0.717) is 5.92 Å². The molecule has 94 valence electrons. The largest absolute Gasteiger partial charge is 0.392 e. The van der Waals surface area contributed by atoms with Crippen LogP contribution in [0.5, 0.6) is 0 Å². The molecule has 1 aromatic carbocycles. The van der Waals surface area contributed by atoms with Crippen LogP contribution in [-0.4, -0.2) is 11.2 Å². The van der Waals surface area contributed by atoms with Crippen LogP contribution in [0.2, 0.25) is 0 Å². The molecule has 2 rings (SSSR count). The molecule has 1 saturated carbocycles. The second kappa shape index (κ2) is 4.41. The highest BCUT2D eigenvalue weighted by Crippen LogP contribution is 2.60. The smallest absolute Gasteiger partial charge is 0.123 e. The predicted molar refractivity (Wildman–Crippen MR) is 67.3 cm³/mol. The van der Waals surface area contributed by atoms with E-state index in [-0.39, 0.29) is 23.3 Å². The Hall–Kier alpha value is -0.890. The van der Waals surface area contributed by atoms with E-state index in [1.807, 2.05) is 12.1 Å². The maximum absolute atomic E-state index is 13.0. The molecule has 0 heterocycles. The van der Waals surface area contributed by atoms with Gasteiger partial charge in [0.15, 0.2) is 0 Å². The molecule has 0 aliphatic heterocycles. The molecule has 17 heavy (non-hydrogen) atoms. The number of aliphatic hydroxyl groups excluding tert-OH is 1. The maximum Gasteiger partial charge on any atom is 0.123 e. The first-order valence-electron chi connectivity index (χ1n) is 6.50. The summed E-state index contributed by atoms with van der Waals surface area (Å²) in [5, 5.41) is 10.2. The summed E-state index contributed by atoms with van der Waals surface area (Å²) in [6.07, 6.45) is 1.71. The van der Waals surface area contributed by atoms with Crippen LogP contribution in [0.3, 0.4) is 0 Å². The number of hydrogen-bond donors (Lipinski definition) is 1. The Morgan fingerprint density at radius 2 is 1.71 bits per heavy atom. The van der Waals surface area contributed by atoms with Crippen LogP contribution in [0.15, 0.2) is 24.3 Å². The first-order valence-corrected chi connectivity index (χ1v) is 6.50. The Kier molecular flexibility index (Phi) is 3.26. The molecule has 0 saturated heterocycles. The number of benzene rings is 1. The fourth-order valence-corrected chi connectivity index (χ4v) is 3.71. The molecular formula is C15H21FO. The van der Waals surface area contributed by atoms with Crippen LogP contribution >= 0.6 is 0 Å². The van der Waals surface area contributed by atoms with Crippen LogP contribution < -0.4 is 0 Å². The summed E-state index contributed by atoms with van der Waals surface area (Å²) in [4.78, 5) is 0. The Morgan fingerprint density at radius 1 is 1.18 bits per heavy atom. The third-order valence-electron chi connectivity index (χ3n) is 4.78. The molecular weight excluding hydrogens is 215 g/mol. The molecule has 1 aromatic rings. The van der Waals surface area contributed by atoms with Gasteiger partial charge in [-0.2, -0.15) is 0 Å². The Labute approximate surface area is 103 Å². The van der Waals surface area contributed by atoms with Crippen LogP contribution in [0.25, 0.3) is 0 Å². The van der Waals surface area contributed by atoms with Gasteiger partial charge in [0.25, 0.3) is 0 Å². The van der Waals surface area contributed by atoms with Crippen molar-refractivity contribution in [2.24, 2.45) is 11.3 Å². The van der Waals surface area contributed by atoms with Gasteiger partial charge in [0.1, 0.15) is 5.82 Å². The minimum atomic E-state index is -0.229. The van der Waals surface area contributed by atoms with Crippen molar-refractivity contribution in [1.82, 2.24) is 0 Å². The van der Waals surface area contributed by atoms with Crippen molar-refractivity contribution >= 4 is 0 Å². The van der Waals surface area contributed by atoms with E-state index >= 15 is 0 Å². The van der Waals surface area contributed by atoms with Crippen LogP contribution in [-0.2, 0) is 0 Å². The van der Waals surface area contributed by atoms with Gasteiger partial charge in [0, 0.05) is 5.41 Å². The van der Waals surface area contributed by atoms with Gasteiger partial charge in [-0.3, -0.25) is 0 Å². The van der Waals surface area contributed by atoms with E-state index in [0.717, 1.165) is 18.4 Å². The van der Waals surface area contributed by atoms with E-state index in [2.05, 4.69) is 20.8 Å². The zero-order chi connectivity index (χ0) is 12.6. The summed E-state index contributed by atoms with van der Waals surface area (Å²) < 4.78 is 13.0. The number of halogens is 1. The zero-order valence-electron chi connectivity index (χ0n) is 10.8. The molecule has 1 fully saturated rings. The van der Waals surface area contributed by atoms with E-state index < -0.39 is 0 Å². The van der Waals surface area contributed by atoms with Gasteiger partial charge in [-0.1, -0.05) is 32.9 Å². The topological polar surface area (TPSA) is 20.2 Å². The van der Waals surface area contributed by atoms with Gasteiger partial charge < -0.3 is 5.11 Å². The minimum Gasteiger partial charge on any atom is -0.392 e. The van der Waals surface area contributed by atoms with Gasteiger partial charge in [0.05, 0.1) is 6.10 Å². The lowest BCUT2D eigenvalue weighted by molar-refractivity contribution is -0.142. The monoisotopic (exact) mass is 236 g/mol. The fourth-order valence-electron chi connectivity index (χ4n) is 3.71. The predicted octanol–water partition coefficient (Wildman–Crippen LogP) is 3.73. The molecule has 0 aromatic heterocycles. The van der Waals surface area contributed by atoms with E-state index in [4.69, 9.17) is 0 Å². The van der Waals surface area contributed by atoms with Crippen molar-refractivity contribution < 1.29 is 9.50 Å². The van der Waals surface area contributed by atoms with Gasteiger partial charge in [-0.05, 0) is 42.4 Å². The summed E-state index contributed by atoms with van der Waals surface area (Å²) in [5.41, 5.74) is 1.14. The third kappa shape index (κ3) is 1.70. The molecule has 0 amide bonds. The van der Waals surface area contributed by atoms with Crippen molar-refractivity contribution in [2.45, 2.75) is 45.6 Å². The first kappa shape index (κ1) is 12.6. The van der Waals surface area contributed by atoms with Gasteiger partial charge in [-0.15, -0.1) is 0 Å². The molecule has 2 heteroatoms. The molecule has 1 nitrogen and oxygen atoms in total. The van der Waals surface area contributed by atoms with Gasteiger partial charge >= 0.3 is 0 Å². The van der Waals surface area contributed by atoms with Crippen LogP contribution in [0, 0.1) is 17.2 Å². The first-order chi connectivity index (χ1) is 8.06. The second-order valence-electron chi connectivity index (χ2n) is 5.27. The standard InChI is InChI=1S/C15H21FO/c1-4-15(5-2)13(10(3)14(15)17)11-6-8-12(16)9-7-11/h6-10,13-14,17H,4-5H2,1-3H3. The normalized spacial score (nSPS) is 31.0. The molecule has 0 radical (unpaired) electrons. The molecule has 1 aliphatic rings. The average molecular weight is 236 g/mol. The summed E-state index contributed by atoms with van der Waals surface area (Å²) in [5.74, 6) is 0.424. The second-order valence-corrected chi connectivity index (χ2v) is 5.27. The zero-order valence-corrected chi connectivity index (χ0v) is 10.8. The van der Waals surface area contributed by atoms with Gasteiger partial charge in [-0.25, -0.2) is 4.39 Å². The highest BCUT2D eigenvalue weighted by atomic mass is 19.1. The molecule has 3 atom stereocenters. The van der Waals surface area contributed by atoms with Crippen molar-refractivity contribution in [3.63, 3.8) is 0 Å². The Bertz CT molecular complexity index is 380. The summed E-state index contributed by atoms with van der Waals surface area (Å²) in [7, 11) is 0. The molecule has 0 bridgehead atoms. The number of aliphatic hydroxyl groups is 1. The lowest BCUT2D eigenvalue weighted by Crippen LogP contribution is -2.57. The highest BCUT2D eigenvalue weighted by Gasteiger charge is 2.57. The highest BCUT2D eigenvalue weighted by molar-refractivity contribution is 5.29. The quantitative estimate of drug-likeness (QED) is 0.848. The lowest BCUT2D eigenvalue weighted by Gasteiger charge is -2.58. The molecule has 0 spiro atoms. The SMILES string of the molecule is CCC1(CC)C(O)C(C)C1c1ccc(F)cc1. The molecule has 1 N–H and O–H groups in total. The minimum absolute atomic E-state index is 0.0166. The summed E-state index contributed by atoms with van der Waals surface area (Å²) in [6, 6.07) is 6.76. The summed E-state index contributed by atoms with van der Waals surface area (Å²) in [6.45, 7) is 6.35. The van der Waals surface area contributed by atoms with E-state index in [1.54, 1.807) is 0 Å². The van der Waals surface area contributed by atoms with Crippen LogP contribution in [0.1, 0.15) is 45.1 Å². The average Bonchev–Trinajstić information content (AvgIpc) is 2.36.